The first kappa shape index (κ1) is 20.3. The third kappa shape index (κ3) is 7.05. The van der Waals surface area contributed by atoms with Gasteiger partial charge in [0.25, 0.3) is 0 Å². The Labute approximate surface area is 153 Å². The maximum Gasteiger partial charge on any atom is 0.416 e. The Morgan fingerprint density at radius 2 is 1.77 bits per heavy atom. The third-order valence-corrected chi connectivity index (χ3v) is 4.72. The molecule has 0 aliphatic heterocycles. The molecular weight excluding hydrogens is 339 g/mol. The van der Waals surface area contributed by atoms with Gasteiger partial charge >= 0.3 is 6.18 Å². The maximum absolute atomic E-state index is 12.5. The third-order valence-electron chi connectivity index (χ3n) is 4.72. The zero-order chi connectivity index (χ0) is 18.8. The summed E-state index contributed by atoms with van der Waals surface area (Å²) in [5.74, 6) is 0.700. The second-order valence-corrected chi connectivity index (χ2v) is 6.64. The molecule has 2 nitrogen and oxygen atoms in total. The molecule has 5 heteroatoms. The van der Waals surface area contributed by atoms with Crippen LogP contribution >= 0.6 is 0 Å². The fraction of sp³-hybridized carbons (Fsp3) is 0.476. The Morgan fingerprint density at radius 3 is 2.38 bits per heavy atom. The highest BCUT2D eigenvalue weighted by atomic mass is 19.4. The summed E-state index contributed by atoms with van der Waals surface area (Å²) in [4.78, 5) is 0. The average Bonchev–Trinajstić information content (AvgIpc) is 2.63. The molecule has 0 saturated heterocycles. The van der Waals surface area contributed by atoms with E-state index in [0.717, 1.165) is 56.2 Å². The summed E-state index contributed by atoms with van der Waals surface area (Å²) in [6, 6.07) is 7.14. The van der Waals surface area contributed by atoms with Crippen molar-refractivity contribution < 1.29 is 17.9 Å². The molecule has 2 rings (SSSR count). The number of hydrogen-bond donors (Lipinski definition) is 0. The molecule has 1 aromatic carbocycles. The molecule has 0 atom stereocenters. The van der Waals surface area contributed by atoms with Crippen LogP contribution in [0, 0.1) is 17.2 Å². The van der Waals surface area contributed by atoms with E-state index < -0.39 is 11.7 Å². The van der Waals surface area contributed by atoms with Crippen molar-refractivity contribution in [3.05, 3.63) is 59.7 Å². The zero-order valence-corrected chi connectivity index (χ0v) is 14.7. The van der Waals surface area contributed by atoms with E-state index in [1.54, 1.807) is 6.08 Å². The van der Waals surface area contributed by atoms with Gasteiger partial charge < -0.3 is 4.74 Å². The number of rotatable bonds is 7. The second kappa shape index (κ2) is 10.2. The smallest absolute Gasteiger partial charge is 0.374 e. The van der Waals surface area contributed by atoms with Crippen LogP contribution in [0.4, 0.5) is 13.2 Å². The topological polar surface area (TPSA) is 33.0 Å². The predicted octanol–water partition coefficient (Wildman–Crippen LogP) is 6.20. The quantitative estimate of drug-likeness (QED) is 0.427. The lowest BCUT2D eigenvalue weighted by atomic mass is 9.84. The van der Waals surface area contributed by atoms with E-state index in [1.807, 2.05) is 12.1 Å². The molecular formula is C21H24F3NO. The van der Waals surface area contributed by atoms with Crippen LogP contribution in [0.5, 0.6) is 0 Å². The molecule has 0 heterocycles. The minimum atomic E-state index is -4.29. The molecule has 0 bridgehead atoms. The summed E-state index contributed by atoms with van der Waals surface area (Å²) in [5.41, 5.74) is 0.148. The van der Waals surface area contributed by atoms with Gasteiger partial charge in [-0.2, -0.15) is 18.4 Å². The van der Waals surface area contributed by atoms with Crippen molar-refractivity contribution in [2.24, 2.45) is 5.92 Å². The van der Waals surface area contributed by atoms with Crippen molar-refractivity contribution in [2.75, 3.05) is 0 Å². The summed E-state index contributed by atoms with van der Waals surface area (Å²) < 4.78 is 43.5. The molecule has 0 amide bonds. The van der Waals surface area contributed by atoms with Gasteiger partial charge in [-0.15, -0.1) is 0 Å². The lowest BCUT2D eigenvalue weighted by Gasteiger charge is -2.28. The minimum Gasteiger partial charge on any atom is -0.374 e. The van der Waals surface area contributed by atoms with Crippen LogP contribution in [0.25, 0.3) is 0 Å². The number of halogens is 3. The minimum absolute atomic E-state index is 0.197. The van der Waals surface area contributed by atoms with Crippen molar-refractivity contribution in [3.63, 3.8) is 0 Å². The van der Waals surface area contributed by atoms with Gasteiger partial charge in [-0.3, -0.25) is 0 Å². The molecule has 1 aromatic rings. The molecule has 0 spiro atoms. The predicted molar refractivity (Wildman–Crippen MR) is 95.1 cm³/mol. The number of alkyl halides is 3. The summed E-state index contributed by atoms with van der Waals surface area (Å²) in [7, 11) is 0. The summed E-state index contributed by atoms with van der Waals surface area (Å²) in [5, 5.41) is 8.38. The molecule has 0 aromatic heterocycles. The molecule has 0 radical (unpaired) electrons. The van der Waals surface area contributed by atoms with E-state index in [1.165, 1.54) is 18.2 Å². The molecule has 0 N–H and O–H groups in total. The van der Waals surface area contributed by atoms with Gasteiger partial charge in [0, 0.05) is 6.08 Å². The van der Waals surface area contributed by atoms with E-state index >= 15 is 0 Å². The number of nitriles is 1. The van der Waals surface area contributed by atoms with Gasteiger partial charge in [0.1, 0.15) is 0 Å². The maximum atomic E-state index is 12.5. The Kier molecular flexibility index (Phi) is 7.93. The van der Waals surface area contributed by atoms with Crippen molar-refractivity contribution in [3.8, 4) is 6.07 Å². The van der Waals surface area contributed by atoms with E-state index in [-0.39, 0.29) is 6.10 Å². The van der Waals surface area contributed by atoms with Gasteiger partial charge in [-0.25, -0.2) is 0 Å². The summed E-state index contributed by atoms with van der Waals surface area (Å²) >= 11 is 0. The molecule has 0 unspecified atom stereocenters. The van der Waals surface area contributed by atoms with Gasteiger partial charge in [0.05, 0.1) is 24.3 Å². The number of nitrogens with zero attached hydrogens (tertiary/aromatic N) is 1. The van der Waals surface area contributed by atoms with E-state index in [9.17, 15) is 13.2 Å². The Morgan fingerprint density at radius 1 is 1.08 bits per heavy atom. The molecule has 1 aliphatic carbocycles. The zero-order valence-electron chi connectivity index (χ0n) is 14.7. The van der Waals surface area contributed by atoms with Crippen LogP contribution < -0.4 is 0 Å². The van der Waals surface area contributed by atoms with Crippen molar-refractivity contribution in [1.29, 1.82) is 5.26 Å². The average molecular weight is 363 g/mol. The number of ether oxygens (including phenoxy) is 1. The fourth-order valence-electron chi connectivity index (χ4n) is 3.20. The normalized spacial score (nSPS) is 21.3. The van der Waals surface area contributed by atoms with Gasteiger partial charge in [-0.1, -0.05) is 30.4 Å². The first-order valence-corrected chi connectivity index (χ1v) is 8.98. The highest BCUT2D eigenvalue weighted by Crippen LogP contribution is 2.31. The fourth-order valence-corrected chi connectivity index (χ4v) is 3.20. The first-order chi connectivity index (χ1) is 12.5. The standard InChI is InChI=1S/C21H24F3NO/c22-21(23,24)19-11-7-18(8-12-19)16-26-20-13-9-17(10-14-20)6-4-2-1-3-5-15-25/h1-3,5,7-8,11-12,17,20H,4,6,9-10,13-14,16H2/b2-1+,5-3+. The Balaban J connectivity index is 1.65. The lowest BCUT2D eigenvalue weighted by molar-refractivity contribution is -0.137. The van der Waals surface area contributed by atoms with Crippen LogP contribution in [-0.4, -0.2) is 6.10 Å². The van der Waals surface area contributed by atoms with E-state index in [0.29, 0.717) is 12.5 Å². The monoisotopic (exact) mass is 363 g/mol. The largest absolute Gasteiger partial charge is 0.416 e. The first-order valence-electron chi connectivity index (χ1n) is 8.98. The van der Waals surface area contributed by atoms with Gasteiger partial charge in [0.15, 0.2) is 0 Å². The van der Waals surface area contributed by atoms with Crippen molar-refractivity contribution in [2.45, 2.75) is 57.4 Å². The number of benzene rings is 1. The molecule has 1 fully saturated rings. The molecule has 1 aliphatic rings. The van der Waals surface area contributed by atoms with Crippen LogP contribution in [0.1, 0.15) is 49.7 Å². The summed E-state index contributed by atoms with van der Waals surface area (Å²) in [6.45, 7) is 0.363. The van der Waals surface area contributed by atoms with E-state index in [2.05, 4.69) is 6.08 Å². The van der Waals surface area contributed by atoms with E-state index in [4.69, 9.17) is 10.00 Å². The Hall–Kier alpha value is -2.06. The number of hydrogen-bond acceptors (Lipinski definition) is 2. The lowest BCUT2D eigenvalue weighted by Crippen LogP contribution is -2.21. The SMILES string of the molecule is N#C/C=C/C=C/CCC1CCC(OCc2ccc(C(F)(F)F)cc2)CC1. The highest BCUT2D eigenvalue weighted by Gasteiger charge is 2.30. The van der Waals surface area contributed by atoms with Gasteiger partial charge in [0.2, 0.25) is 0 Å². The van der Waals surface area contributed by atoms with Gasteiger partial charge in [-0.05, 0) is 62.1 Å². The van der Waals surface area contributed by atoms with Crippen molar-refractivity contribution in [1.82, 2.24) is 0 Å². The number of allylic oxidation sites excluding steroid dienone is 4. The molecule has 1 saturated carbocycles. The summed E-state index contributed by atoms with van der Waals surface area (Å²) in [6.07, 6.45) is 9.50. The van der Waals surface area contributed by atoms with Crippen LogP contribution in [0.15, 0.2) is 48.6 Å². The van der Waals surface area contributed by atoms with Crippen LogP contribution in [0.3, 0.4) is 0 Å². The molecule has 26 heavy (non-hydrogen) atoms. The van der Waals surface area contributed by atoms with Crippen LogP contribution in [-0.2, 0) is 17.5 Å². The molecule has 140 valence electrons. The second-order valence-electron chi connectivity index (χ2n) is 6.64. The highest BCUT2D eigenvalue weighted by molar-refractivity contribution is 5.24. The van der Waals surface area contributed by atoms with Crippen LogP contribution in [0.2, 0.25) is 0 Å². The van der Waals surface area contributed by atoms with Crippen molar-refractivity contribution >= 4 is 0 Å². The Bertz CT molecular complexity index is 633.